The molecule has 12 heavy (non-hydrogen) atoms. The molecule has 0 aromatic heterocycles. The van der Waals surface area contributed by atoms with Gasteiger partial charge in [0.05, 0.1) is 12.1 Å². The minimum absolute atomic E-state index is 0.188. The van der Waals surface area contributed by atoms with Crippen LogP contribution in [0.5, 0.6) is 0 Å². The quantitative estimate of drug-likeness (QED) is 0.616. The highest BCUT2D eigenvalue weighted by atomic mass is 32.2. The first-order chi connectivity index (χ1) is 5.77. The Labute approximate surface area is 73.9 Å². The van der Waals surface area contributed by atoms with Gasteiger partial charge in [-0.15, -0.1) is 0 Å². The number of thioether (sulfide) groups is 1. The smallest absolute Gasteiger partial charge is 0.334 e. The van der Waals surface area contributed by atoms with E-state index in [2.05, 4.69) is 5.32 Å². The van der Waals surface area contributed by atoms with Gasteiger partial charge in [-0.05, 0) is 5.41 Å². The van der Waals surface area contributed by atoms with Gasteiger partial charge < -0.3 is 15.3 Å². The molecule has 0 aromatic carbocycles. The van der Waals surface area contributed by atoms with Gasteiger partial charge in [-0.25, -0.2) is 4.79 Å². The summed E-state index contributed by atoms with van der Waals surface area (Å²) in [5.41, 5.74) is 0.589. The summed E-state index contributed by atoms with van der Waals surface area (Å²) in [5.74, 6) is -0.855. The molecule has 5 heteroatoms. The number of carbonyl (C=O) groups is 1. The van der Waals surface area contributed by atoms with Crippen molar-refractivity contribution in [2.75, 3.05) is 6.54 Å². The summed E-state index contributed by atoms with van der Waals surface area (Å²) in [5, 5.41) is 13.6. The summed E-state index contributed by atoms with van der Waals surface area (Å²) in [6, 6.07) is 0. The molecule has 0 saturated heterocycles. The van der Waals surface area contributed by atoms with E-state index in [4.69, 9.17) is 5.11 Å². The van der Waals surface area contributed by atoms with E-state index in [-0.39, 0.29) is 5.50 Å². The fourth-order valence-corrected chi connectivity index (χ4v) is 1.98. The zero-order chi connectivity index (χ0) is 8.55. The fourth-order valence-electron chi connectivity index (χ4n) is 1.16. The molecule has 2 aliphatic heterocycles. The molecule has 1 unspecified atom stereocenters. The molecule has 0 aliphatic carbocycles. The van der Waals surface area contributed by atoms with Crippen molar-refractivity contribution >= 4 is 17.7 Å². The normalized spacial score (nSPS) is 26.2. The maximum absolute atomic E-state index is 10.6. The van der Waals surface area contributed by atoms with Gasteiger partial charge in [0.15, 0.2) is 5.50 Å². The maximum atomic E-state index is 10.6. The van der Waals surface area contributed by atoms with Crippen molar-refractivity contribution in [2.24, 2.45) is 0 Å². The average molecular weight is 184 g/mol. The Bertz CT molecular complexity index is 275. The first-order valence-corrected chi connectivity index (χ1v) is 4.48. The third kappa shape index (κ3) is 1.16. The van der Waals surface area contributed by atoms with Crippen LogP contribution < -0.4 is 5.32 Å². The van der Waals surface area contributed by atoms with Crippen LogP contribution in [0.3, 0.4) is 0 Å². The van der Waals surface area contributed by atoms with E-state index in [1.54, 1.807) is 18.0 Å². The van der Waals surface area contributed by atoms with Crippen LogP contribution >= 0.6 is 11.8 Å². The van der Waals surface area contributed by atoms with Crippen molar-refractivity contribution in [2.45, 2.75) is 5.50 Å². The first kappa shape index (κ1) is 7.54. The summed E-state index contributed by atoms with van der Waals surface area (Å²) in [6.07, 6.45) is 3.47. The lowest BCUT2D eigenvalue weighted by atomic mass is 10.2. The Balaban J connectivity index is 2.13. The number of carboxylic acid groups (broad SMARTS) is 1. The van der Waals surface area contributed by atoms with Gasteiger partial charge in [0.1, 0.15) is 0 Å². The molecule has 0 fully saturated rings. The summed E-state index contributed by atoms with van der Waals surface area (Å²) < 4.78 is 0. The zero-order valence-corrected chi connectivity index (χ0v) is 7.04. The molecule has 0 radical (unpaired) electrons. The predicted molar refractivity (Wildman–Crippen MR) is 46.1 cm³/mol. The highest BCUT2D eigenvalue weighted by Crippen LogP contribution is 2.25. The first-order valence-electron chi connectivity index (χ1n) is 3.53. The van der Waals surface area contributed by atoms with Crippen LogP contribution in [-0.2, 0) is 4.79 Å². The predicted octanol–water partition coefficient (Wildman–Crippen LogP) is 0.362. The molecular formula is C7H8N2O2S. The van der Waals surface area contributed by atoms with Crippen molar-refractivity contribution in [1.82, 2.24) is 10.2 Å². The summed E-state index contributed by atoms with van der Waals surface area (Å²) in [7, 11) is 0. The Hall–Kier alpha value is -1.10. The van der Waals surface area contributed by atoms with Gasteiger partial charge in [0.2, 0.25) is 0 Å². The Morgan fingerprint density at radius 2 is 2.67 bits per heavy atom. The monoisotopic (exact) mass is 184 g/mol. The molecule has 2 aliphatic rings. The number of fused-ring (bicyclic) bond motifs is 1. The van der Waals surface area contributed by atoms with Gasteiger partial charge in [-0.3, -0.25) is 0 Å². The number of aliphatic carboxylic acids is 1. The maximum Gasteiger partial charge on any atom is 0.334 e. The largest absolute Gasteiger partial charge is 0.478 e. The van der Waals surface area contributed by atoms with E-state index in [0.717, 1.165) is 0 Å². The van der Waals surface area contributed by atoms with Crippen molar-refractivity contribution < 1.29 is 9.90 Å². The SMILES string of the molecule is O=C(O)C1=CNC2SC=CN2C1. The third-order valence-corrected chi connectivity index (χ3v) is 2.73. The number of nitrogens with zero attached hydrogens (tertiary/aromatic N) is 1. The van der Waals surface area contributed by atoms with E-state index >= 15 is 0 Å². The van der Waals surface area contributed by atoms with Gasteiger partial charge in [-0.1, -0.05) is 11.8 Å². The van der Waals surface area contributed by atoms with Crippen LogP contribution in [0.4, 0.5) is 0 Å². The zero-order valence-electron chi connectivity index (χ0n) is 6.23. The minimum Gasteiger partial charge on any atom is -0.478 e. The van der Waals surface area contributed by atoms with Crippen LogP contribution in [0, 0.1) is 0 Å². The van der Waals surface area contributed by atoms with Crippen molar-refractivity contribution in [3.05, 3.63) is 23.4 Å². The fraction of sp³-hybridized carbons (Fsp3) is 0.286. The van der Waals surface area contributed by atoms with E-state index in [9.17, 15) is 4.79 Å². The number of hydrogen-bond donors (Lipinski definition) is 2. The van der Waals surface area contributed by atoms with Crippen LogP contribution in [0.2, 0.25) is 0 Å². The Kier molecular flexibility index (Phi) is 1.73. The molecule has 64 valence electrons. The molecule has 0 aromatic rings. The summed E-state index contributed by atoms with van der Waals surface area (Å²) in [4.78, 5) is 12.5. The third-order valence-electron chi connectivity index (χ3n) is 1.79. The van der Waals surface area contributed by atoms with Gasteiger partial charge >= 0.3 is 5.97 Å². The van der Waals surface area contributed by atoms with Gasteiger partial charge in [0.25, 0.3) is 0 Å². The molecular weight excluding hydrogens is 176 g/mol. The second kappa shape index (κ2) is 2.75. The molecule has 1 atom stereocenters. The van der Waals surface area contributed by atoms with Crippen molar-refractivity contribution in [1.29, 1.82) is 0 Å². The molecule has 0 spiro atoms. The van der Waals surface area contributed by atoms with Gasteiger partial charge in [0, 0.05) is 12.4 Å². The molecule has 2 heterocycles. The topological polar surface area (TPSA) is 52.6 Å². The molecule has 0 amide bonds. The van der Waals surface area contributed by atoms with E-state index < -0.39 is 5.97 Å². The van der Waals surface area contributed by atoms with E-state index in [1.165, 1.54) is 0 Å². The van der Waals surface area contributed by atoms with Crippen molar-refractivity contribution in [3.8, 4) is 0 Å². The van der Waals surface area contributed by atoms with E-state index in [0.29, 0.717) is 12.1 Å². The number of hydrogen-bond acceptors (Lipinski definition) is 4. The number of rotatable bonds is 1. The average Bonchev–Trinajstić information content (AvgIpc) is 2.49. The molecule has 0 bridgehead atoms. The highest BCUT2D eigenvalue weighted by molar-refractivity contribution is 8.02. The number of nitrogens with one attached hydrogen (secondary N) is 1. The molecule has 2 rings (SSSR count). The summed E-state index contributed by atoms with van der Waals surface area (Å²) in [6.45, 7) is 0.483. The standard InChI is InChI=1S/C7H8N2O2S/c10-6(11)5-3-8-7-9(4-5)1-2-12-7/h1-3,7-8H,4H2,(H,10,11). The minimum atomic E-state index is -0.855. The van der Waals surface area contributed by atoms with Gasteiger partial charge in [-0.2, -0.15) is 0 Å². The van der Waals surface area contributed by atoms with Crippen LogP contribution in [0.25, 0.3) is 0 Å². The van der Waals surface area contributed by atoms with Crippen LogP contribution in [0.15, 0.2) is 23.4 Å². The second-order valence-corrected chi connectivity index (χ2v) is 3.58. The lowest BCUT2D eigenvalue weighted by Gasteiger charge is -2.29. The number of carboxylic acids is 1. The lowest BCUT2D eigenvalue weighted by molar-refractivity contribution is -0.133. The molecule has 0 saturated carbocycles. The van der Waals surface area contributed by atoms with E-state index in [1.807, 2.05) is 16.5 Å². The van der Waals surface area contributed by atoms with Crippen LogP contribution in [0.1, 0.15) is 0 Å². The highest BCUT2D eigenvalue weighted by Gasteiger charge is 2.25. The Morgan fingerprint density at radius 1 is 1.83 bits per heavy atom. The summed E-state index contributed by atoms with van der Waals surface area (Å²) >= 11 is 1.64. The second-order valence-electron chi connectivity index (χ2n) is 2.59. The van der Waals surface area contributed by atoms with Crippen molar-refractivity contribution in [3.63, 3.8) is 0 Å². The Morgan fingerprint density at radius 3 is 3.42 bits per heavy atom. The molecule has 4 nitrogen and oxygen atoms in total. The van der Waals surface area contributed by atoms with Crippen LogP contribution in [-0.4, -0.2) is 28.0 Å². The lowest BCUT2D eigenvalue weighted by Crippen LogP contribution is -2.41. The molecule has 2 N–H and O–H groups in total.